The lowest BCUT2D eigenvalue weighted by Crippen LogP contribution is -2.41. The largest absolute Gasteiger partial charge is 0.481 e. The van der Waals surface area contributed by atoms with Crippen LogP contribution in [0.5, 0.6) is 0 Å². The van der Waals surface area contributed by atoms with E-state index in [0.717, 1.165) is 81.6 Å². The summed E-state index contributed by atoms with van der Waals surface area (Å²) in [5, 5.41) is 34.8. The number of nitrogens with two attached hydrogens (primary N) is 1. The first-order valence-corrected chi connectivity index (χ1v) is 38.6. The third-order valence-corrected chi connectivity index (χ3v) is 22.5. The number of rotatable bonds is 27. The molecular formula is C80H95Cl3N12O8S2. The first-order chi connectivity index (χ1) is 49.9. The molecule has 0 fully saturated rings. The van der Waals surface area contributed by atoms with Crippen LogP contribution in [-0.4, -0.2) is 163 Å². The van der Waals surface area contributed by atoms with E-state index in [0.29, 0.717) is 65.0 Å². The van der Waals surface area contributed by atoms with Gasteiger partial charge in [0, 0.05) is 81.8 Å². The van der Waals surface area contributed by atoms with Crippen LogP contribution in [0.1, 0.15) is 102 Å². The number of aromatic nitrogens is 6. The summed E-state index contributed by atoms with van der Waals surface area (Å²) in [6, 6.07) is 54.3. The summed E-state index contributed by atoms with van der Waals surface area (Å²) in [6.07, 6.45) is 8.37. The lowest BCUT2D eigenvalue weighted by atomic mass is 9.97. The third-order valence-electron chi connectivity index (χ3n) is 18.5. The number of likely N-dealkylation sites (N-methyl/N-ethyl adjacent to an activating group) is 3. The van der Waals surface area contributed by atoms with E-state index >= 15 is 0 Å². The second-order valence-corrected chi connectivity index (χ2v) is 32.2. The number of carbonyl (C=O) groups is 3. The zero-order valence-electron chi connectivity index (χ0n) is 61.2. The number of H-pyrrole nitrogens is 1. The number of nitrogens with zero attached hydrogens (tertiary/aromatic N) is 8. The Bertz CT molecular complexity index is 4900. The normalized spacial score (nSPS) is 13.4. The van der Waals surface area contributed by atoms with Crippen LogP contribution in [0.3, 0.4) is 0 Å². The van der Waals surface area contributed by atoms with Crippen molar-refractivity contribution in [2.24, 2.45) is 5.73 Å². The van der Waals surface area contributed by atoms with E-state index in [1.807, 2.05) is 167 Å². The molecule has 6 atom stereocenters. The van der Waals surface area contributed by atoms with E-state index in [2.05, 4.69) is 70.9 Å². The lowest BCUT2D eigenvalue weighted by Gasteiger charge is -2.25. The zero-order valence-corrected chi connectivity index (χ0v) is 65.1. The number of hydrogen-bond donors (Lipinski definition) is 5. The fraction of sp³-hybridized carbons (Fsp3) is 0.325. The summed E-state index contributed by atoms with van der Waals surface area (Å²) in [5.74, 6) is -0.437. The van der Waals surface area contributed by atoms with E-state index in [4.69, 9.17) is 45.6 Å². The maximum Gasteiger partial charge on any atom is 0.303 e. The number of aliphatic carboxylic acids is 1. The minimum absolute atomic E-state index is 0.00246. The molecule has 11 rings (SSSR count). The van der Waals surface area contributed by atoms with E-state index in [1.54, 1.807) is 79.1 Å². The standard InChI is InChI=1S/C29H33ClN4O3S.C22H27ClN4O.C19H24N4O2S.C10H11ClO2/c1-20-5-12-27(13-6-20)38(36,37)34-28-14-7-22(16-24(28)18-32-34)17-26(33(3)4)19-31-29(35)15-21(2)23-8-10-25(30)11-9-23;1-15(17-5-7-19(23)8-6-17)10-22(28)24-14-20(27(2)3)12-16-4-9-21-18(11-16)13-25-26-21;1-14-4-7-18(8-5-14)26(24,25)23-19-9-6-15(10-16(19)13-21-23)11-17(12-20)22(2)3;1-7(6-10(12)13)8-2-4-9(11)5-3-8/h5-14,16,18,21,26H,15,17,19H2,1-4H3,(H,31,35);4-9,11,13,15,20H,10,12,14H2,1-3H3,(H,24,28)(H,25,26);4-10,13,17H,11-12,20H2,1-3H3;2-5,7H,6H2,1H3,(H,12,13)/t21-,26-;15-,20-;17-;7-/m0000/s1. The van der Waals surface area contributed by atoms with Crippen LogP contribution in [-0.2, 0) is 53.7 Å². The van der Waals surface area contributed by atoms with Crippen molar-refractivity contribution in [3.8, 4) is 0 Å². The van der Waals surface area contributed by atoms with Crippen molar-refractivity contribution >= 4 is 105 Å². The van der Waals surface area contributed by atoms with E-state index < -0.39 is 26.0 Å². The Labute approximate surface area is 632 Å². The minimum atomic E-state index is -3.80. The van der Waals surface area contributed by atoms with E-state index in [9.17, 15) is 31.2 Å². The molecule has 25 heteroatoms. The summed E-state index contributed by atoms with van der Waals surface area (Å²) in [7, 11) is 4.55. The average Bonchev–Trinajstić information content (AvgIpc) is 1.66. The van der Waals surface area contributed by atoms with Crippen molar-refractivity contribution in [2.45, 2.75) is 119 Å². The maximum atomic E-state index is 13.2. The molecule has 20 nitrogen and oxygen atoms in total. The molecule has 8 aromatic carbocycles. The number of aryl methyl sites for hydroxylation is 2. The Morgan fingerprint density at radius 1 is 0.476 bits per heavy atom. The number of carboxylic acid groups (broad SMARTS) is 1. The van der Waals surface area contributed by atoms with Crippen molar-refractivity contribution in [3.05, 3.63) is 254 Å². The van der Waals surface area contributed by atoms with Crippen molar-refractivity contribution in [1.29, 1.82) is 0 Å². The highest BCUT2D eigenvalue weighted by Crippen LogP contribution is 2.28. The van der Waals surface area contributed by atoms with Crippen LogP contribution in [0, 0.1) is 13.8 Å². The van der Waals surface area contributed by atoms with Gasteiger partial charge in [-0.2, -0.15) is 40.3 Å². The summed E-state index contributed by atoms with van der Waals surface area (Å²) < 4.78 is 54.3. The number of amides is 2. The van der Waals surface area contributed by atoms with E-state index in [-0.39, 0.29) is 63.9 Å². The smallest absolute Gasteiger partial charge is 0.303 e. The summed E-state index contributed by atoms with van der Waals surface area (Å²) in [6.45, 7) is 11.5. The summed E-state index contributed by atoms with van der Waals surface area (Å²) in [4.78, 5) is 42.3. The molecule has 6 N–H and O–H groups in total. The Morgan fingerprint density at radius 3 is 1.17 bits per heavy atom. The Balaban J connectivity index is 0.000000186. The summed E-state index contributed by atoms with van der Waals surface area (Å²) in [5.41, 5.74) is 16.5. The van der Waals surface area contributed by atoms with Gasteiger partial charge in [0.15, 0.2) is 0 Å². The molecule has 105 heavy (non-hydrogen) atoms. The molecule has 0 aliphatic heterocycles. The number of carboxylic acids is 1. The van der Waals surface area contributed by atoms with Crippen LogP contribution >= 0.6 is 34.8 Å². The second kappa shape index (κ2) is 37.9. The van der Waals surface area contributed by atoms with Gasteiger partial charge >= 0.3 is 5.97 Å². The number of hydrogen-bond acceptors (Lipinski definition) is 14. The minimum Gasteiger partial charge on any atom is -0.481 e. The Hall–Kier alpha value is -8.81. The van der Waals surface area contributed by atoms with Crippen molar-refractivity contribution < 1.29 is 36.3 Å². The number of aromatic amines is 1. The van der Waals surface area contributed by atoms with Crippen molar-refractivity contribution in [3.63, 3.8) is 0 Å². The molecule has 0 saturated carbocycles. The number of benzene rings is 8. The van der Waals surface area contributed by atoms with Gasteiger partial charge in [0.2, 0.25) is 11.8 Å². The molecule has 3 aromatic heterocycles. The van der Waals surface area contributed by atoms with Gasteiger partial charge in [0.25, 0.3) is 20.0 Å². The van der Waals surface area contributed by atoms with Gasteiger partial charge in [0.1, 0.15) is 0 Å². The molecule has 0 bridgehead atoms. The van der Waals surface area contributed by atoms with Gasteiger partial charge in [-0.1, -0.05) is 146 Å². The number of halogens is 3. The maximum absolute atomic E-state index is 13.2. The zero-order chi connectivity index (χ0) is 76.3. The van der Waals surface area contributed by atoms with Crippen LogP contribution in [0.25, 0.3) is 32.7 Å². The number of nitrogens with one attached hydrogen (secondary N) is 3. The number of fused-ring (bicyclic) bond motifs is 3. The molecule has 2 amide bonds. The van der Waals surface area contributed by atoms with E-state index in [1.165, 1.54) is 5.56 Å². The van der Waals surface area contributed by atoms with Crippen LogP contribution < -0.4 is 16.4 Å². The molecule has 0 unspecified atom stereocenters. The first-order valence-electron chi connectivity index (χ1n) is 34.6. The quantitative estimate of drug-likeness (QED) is 0.0320. The highest BCUT2D eigenvalue weighted by atomic mass is 35.5. The number of carbonyl (C=O) groups excluding carboxylic acids is 2. The second-order valence-electron chi connectivity index (χ2n) is 27.4. The first kappa shape index (κ1) is 81.9. The van der Waals surface area contributed by atoms with Gasteiger partial charge in [-0.3, -0.25) is 19.5 Å². The van der Waals surface area contributed by atoms with Crippen LogP contribution in [0.15, 0.2) is 204 Å². The molecule has 0 aliphatic carbocycles. The van der Waals surface area contributed by atoms with Crippen LogP contribution in [0.2, 0.25) is 15.1 Å². The molecule has 556 valence electrons. The lowest BCUT2D eigenvalue weighted by molar-refractivity contribution is -0.137. The monoisotopic (exact) mass is 1520 g/mol. The van der Waals surface area contributed by atoms with Gasteiger partial charge < -0.3 is 36.2 Å². The van der Waals surface area contributed by atoms with Crippen molar-refractivity contribution in [2.75, 3.05) is 61.9 Å². The van der Waals surface area contributed by atoms with Crippen molar-refractivity contribution in [1.82, 2.24) is 53.9 Å². The highest BCUT2D eigenvalue weighted by Gasteiger charge is 2.25. The molecule has 0 spiro atoms. The van der Waals surface area contributed by atoms with Gasteiger partial charge in [0.05, 0.1) is 51.4 Å². The fourth-order valence-electron chi connectivity index (χ4n) is 11.8. The van der Waals surface area contributed by atoms with Gasteiger partial charge in [-0.25, -0.2) is 0 Å². The average molecular weight is 1520 g/mol. The highest BCUT2D eigenvalue weighted by molar-refractivity contribution is 7.90. The molecular weight excluding hydrogens is 1430 g/mol. The van der Waals surface area contributed by atoms with Gasteiger partial charge in [-0.15, -0.1) is 0 Å². The Kier molecular flexibility index (Phi) is 29.6. The Morgan fingerprint density at radius 2 is 0.819 bits per heavy atom. The third kappa shape index (κ3) is 23.3. The predicted molar refractivity (Wildman–Crippen MR) is 423 cm³/mol. The molecule has 0 aliphatic rings. The van der Waals surface area contributed by atoms with Gasteiger partial charge in [-0.05, 0) is 224 Å². The fourth-order valence-corrected chi connectivity index (χ4v) is 14.7. The molecule has 0 radical (unpaired) electrons. The van der Waals surface area contributed by atoms with Crippen LogP contribution in [0.4, 0.5) is 0 Å². The SMILES string of the molecule is C[C@@H](CC(=O)NC[C@H](Cc1ccc2[nH]ncc2c1)N(C)C)c1ccc(Cl)cc1.C[C@@H](CC(=O)O)c1ccc(Cl)cc1.Cc1ccc(S(=O)(=O)n2ncc3cc(C[C@@H](CN)N(C)C)ccc32)cc1.Cc1ccc(S(=O)(=O)n2ncc3cc(C[C@@H](CNC(=O)C[C@H](C)c4ccc(Cl)cc4)N(C)C)ccc32)cc1. The topological polar surface area (TPSA) is 264 Å². The predicted octanol–water partition coefficient (Wildman–Crippen LogP) is 13.9. The molecule has 0 saturated heterocycles. The molecule has 3 heterocycles. The molecule has 11 aromatic rings. The summed E-state index contributed by atoms with van der Waals surface area (Å²) >= 11 is 17.6.